The van der Waals surface area contributed by atoms with E-state index in [1.54, 1.807) is 24.0 Å². The molecule has 0 aliphatic carbocycles. The summed E-state index contributed by atoms with van der Waals surface area (Å²) in [5.74, 6) is -0.505. The highest BCUT2D eigenvalue weighted by Crippen LogP contribution is 2.21. The van der Waals surface area contributed by atoms with Crippen LogP contribution in [-0.4, -0.2) is 51.0 Å². The number of piperidine rings is 1. The smallest absolute Gasteiger partial charge is 0.330 e. The molecule has 3 heterocycles. The lowest BCUT2D eigenvalue weighted by atomic mass is 10.0. The van der Waals surface area contributed by atoms with E-state index in [2.05, 4.69) is 9.97 Å². The molecule has 1 N–H and O–H groups in total. The average Bonchev–Trinajstić information content (AvgIpc) is 2.67. The number of carbonyl (C=O) groups excluding carboxylic acids is 2. The second-order valence-electron chi connectivity index (χ2n) is 6.42. The number of aromatic nitrogens is 3. The summed E-state index contributed by atoms with van der Waals surface area (Å²) in [6.07, 6.45) is 2.68. The molecular weight excluding hydrogens is 352 g/mol. The number of carbonyl (C=O) groups is 2. The van der Waals surface area contributed by atoms with Gasteiger partial charge in [-0.25, -0.2) is 9.78 Å². The van der Waals surface area contributed by atoms with Gasteiger partial charge in [0.05, 0.1) is 18.4 Å². The SMILES string of the molecule is CCOC(=O)CCC(=O)N1CCC(n2c(=O)[nH]c3ncccc3c2=O)CC1. The predicted molar refractivity (Wildman–Crippen MR) is 97.3 cm³/mol. The molecule has 144 valence electrons. The molecule has 0 unspecified atom stereocenters. The molecule has 9 nitrogen and oxygen atoms in total. The Balaban J connectivity index is 1.67. The van der Waals surface area contributed by atoms with Gasteiger partial charge in [0.15, 0.2) is 0 Å². The van der Waals surface area contributed by atoms with E-state index in [0.717, 1.165) is 0 Å². The van der Waals surface area contributed by atoms with E-state index in [1.807, 2.05) is 0 Å². The number of aromatic amines is 1. The van der Waals surface area contributed by atoms with Crippen LogP contribution in [0, 0.1) is 0 Å². The van der Waals surface area contributed by atoms with Gasteiger partial charge in [0.2, 0.25) is 5.91 Å². The van der Waals surface area contributed by atoms with Crippen LogP contribution < -0.4 is 11.2 Å². The third kappa shape index (κ3) is 4.07. The van der Waals surface area contributed by atoms with Crippen molar-refractivity contribution in [2.45, 2.75) is 38.6 Å². The fourth-order valence-electron chi connectivity index (χ4n) is 3.37. The molecule has 0 bridgehead atoms. The molecule has 1 amide bonds. The maximum atomic E-state index is 12.7. The second-order valence-corrected chi connectivity index (χ2v) is 6.42. The summed E-state index contributed by atoms with van der Waals surface area (Å²) < 4.78 is 6.05. The van der Waals surface area contributed by atoms with Gasteiger partial charge in [0.1, 0.15) is 5.65 Å². The van der Waals surface area contributed by atoms with Gasteiger partial charge in [-0.1, -0.05) is 0 Å². The fourth-order valence-corrected chi connectivity index (χ4v) is 3.37. The van der Waals surface area contributed by atoms with Gasteiger partial charge in [0.25, 0.3) is 5.56 Å². The Bertz CT molecular complexity index is 956. The molecule has 27 heavy (non-hydrogen) atoms. The Morgan fingerprint density at radius 2 is 2.00 bits per heavy atom. The highest BCUT2D eigenvalue weighted by atomic mass is 16.5. The molecule has 0 spiro atoms. The summed E-state index contributed by atoms with van der Waals surface area (Å²) >= 11 is 0. The minimum Gasteiger partial charge on any atom is -0.466 e. The minimum atomic E-state index is -0.488. The van der Waals surface area contributed by atoms with Crippen molar-refractivity contribution in [2.24, 2.45) is 0 Å². The fraction of sp³-hybridized carbons (Fsp3) is 0.500. The van der Waals surface area contributed by atoms with E-state index in [0.29, 0.717) is 37.9 Å². The summed E-state index contributed by atoms with van der Waals surface area (Å²) in [6.45, 7) is 2.88. The van der Waals surface area contributed by atoms with E-state index in [-0.39, 0.29) is 42.0 Å². The van der Waals surface area contributed by atoms with Crippen molar-refractivity contribution < 1.29 is 14.3 Å². The minimum absolute atomic E-state index is 0.0589. The first-order valence-corrected chi connectivity index (χ1v) is 9.04. The Labute approximate surface area is 155 Å². The number of esters is 1. The number of nitrogens with zero attached hydrogens (tertiary/aromatic N) is 3. The molecule has 2 aromatic rings. The molecule has 1 saturated heterocycles. The van der Waals surface area contributed by atoms with Crippen LogP contribution in [0.1, 0.15) is 38.6 Å². The molecule has 0 radical (unpaired) electrons. The quantitative estimate of drug-likeness (QED) is 0.766. The lowest BCUT2D eigenvalue weighted by molar-refractivity contribution is -0.146. The number of fused-ring (bicyclic) bond motifs is 1. The number of pyridine rings is 1. The maximum absolute atomic E-state index is 12.7. The molecule has 3 rings (SSSR count). The highest BCUT2D eigenvalue weighted by Gasteiger charge is 2.26. The number of rotatable bonds is 5. The average molecular weight is 374 g/mol. The van der Waals surface area contributed by atoms with E-state index in [4.69, 9.17) is 4.74 Å². The molecule has 9 heteroatoms. The summed E-state index contributed by atoms with van der Waals surface area (Å²) in [5.41, 5.74) is -0.581. The Kier molecular flexibility index (Phi) is 5.68. The largest absolute Gasteiger partial charge is 0.466 e. The first-order chi connectivity index (χ1) is 13.0. The van der Waals surface area contributed by atoms with Crippen molar-refractivity contribution in [1.29, 1.82) is 0 Å². The standard InChI is InChI=1S/C18H22N4O5/c1-2-27-15(24)6-5-14(23)21-10-7-12(8-11-21)22-17(25)13-4-3-9-19-16(13)20-18(22)26/h3-4,9,12H,2,5-8,10-11H2,1H3,(H,19,20,26). The number of ether oxygens (including phenoxy) is 1. The lowest BCUT2D eigenvalue weighted by Gasteiger charge is -2.32. The molecule has 0 aromatic carbocycles. The lowest BCUT2D eigenvalue weighted by Crippen LogP contribution is -2.45. The first kappa shape index (κ1) is 18.8. The van der Waals surface area contributed by atoms with Crippen LogP contribution in [0.2, 0.25) is 0 Å². The van der Waals surface area contributed by atoms with E-state index < -0.39 is 5.69 Å². The highest BCUT2D eigenvalue weighted by molar-refractivity contribution is 5.81. The number of amides is 1. The Morgan fingerprint density at radius 3 is 2.70 bits per heavy atom. The number of hydrogen-bond acceptors (Lipinski definition) is 6. The summed E-state index contributed by atoms with van der Waals surface area (Å²) in [6, 6.07) is 3.00. The van der Waals surface area contributed by atoms with Gasteiger partial charge >= 0.3 is 11.7 Å². The zero-order valence-corrected chi connectivity index (χ0v) is 15.1. The monoisotopic (exact) mass is 374 g/mol. The van der Waals surface area contributed by atoms with Crippen LogP contribution in [-0.2, 0) is 14.3 Å². The van der Waals surface area contributed by atoms with Crippen molar-refractivity contribution in [2.75, 3.05) is 19.7 Å². The van der Waals surface area contributed by atoms with Crippen molar-refractivity contribution in [3.05, 3.63) is 39.2 Å². The van der Waals surface area contributed by atoms with Gasteiger partial charge in [-0.2, -0.15) is 0 Å². The Morgan fingerprint density at radius 1 is 1.26 bits per heavy atom. The summed E-state index contributed by atoms with van der Waals surface area (Å²) in [7, 11) is 0. The van der Waals surface area contributed by atoms with E-state index in [1.165, 1.54) is 10.8 Å². The van der Waals surface area contributed by atoms with Gasteiger partial charge in [-0.3, -0.25) is 23.9 Å². The van der Waals surface area contributed by atoms with Crippen LogP contribution in [0.4, 0.5) is 0 Å². The van der Waals surface area contributed by atoms with Gasteiger partial charge in [-0.15, -0.1) is 0 Å². The number of H-pyrrole nitrogens is 1. The summed E-state index contributed by atoms with van der Waals surface area (Å²) in [5, 5.41) is 0.366. The van der Waals surface area contributed by atoms with E-state index >= 15 is 0 Å². The molecule has 0 saturated carbocycles. The third-order valence-corrected chi connectivity index (χ3v) is 4.73. The summed E-state index contributed by atoms with van der Waals surface area (Å²) in [4.78, 5) is 56.9. The third-order valence-electron chi connectivity index (χ3n) is 4.73. The molecule has 1 aliphatic heterocycles. The van der Waals surface area contributed by atoms with Crippen LogP contribution in [0.15, 0.2) is 27.9 Å². The van der Waals surface area contributed by atoms with Crippen LogP contribution in [0.5, 0.6) is 0 Å². The number of hydrogen-bond donors (Lipinski definition) is 1. The predicted octanol–water partition coefficient (Wildman–Crippen LogP) is 0.592. The molecule has 1 aliphatic rings. The van der Waals surface area contributed by atoms with Gasteiger partial charge in [0, 0.05) is 31.7 Å². The van der Waals surface area contributed by atoms with Gasteiger partial charge in [-0.05, 0) is 31.9 Å². The van der Waals surface area contributed by atoms with Crippen LogP contribution in [0.25, 0.3) is 11.0 Å². The normalized spacial score (nSPS) is 15.1. The van der Waals surface area contributed by atoms with Crippen molar-refractivity contribution >= 4 is 22.9 Å². The molecular formula is C18H22N4O5. The van der Waals surface area contributed by atoms with Crippen LogP contribution in [0.3, 0.4) is 0 Å². The van der Waals surface area contributed by atoms with Crippen molar-refractivity contribution in [3.8, 4) is 0 Å². The zero-order valence-electron chi connectivity index (χ0n) is 15.1. The zero-order chi connectivity index (χ0) is 19.4. The van der Waals surface area contributed by atoms with Crippen molar-refractivity contribution in [1.82, 2.24) is 19.4 Å². The van der Waals surface area contributed by atoms with Crippen LogP contribution >= 0.6 is 0 Å². The van der Waals surface area contributed by atoms with Crippen molar-refractivity contribution in [3.63, 3.8) is 0 Å². The Hall–Kier alpha value is -2.97. The number of nitrogens with one attached hydrogen (secondary N) is 1. The molecule has 1 fully saturated rings. The topological polar surface area (TPSA) is 114 Å². The molecule has 2 aromatic heterocycles. The maximum Gasteiger partial charge on any atom is 0.330 e. The number of likely N-dealkylation sites (tertiary alicyclic amines) is 1. The van der Waals surface area contributed by atoms with E-state index in [9.17, 15) is 19.2 Å². The first-order valence-electron chi connectivity index (χ1n) is 9.04. The van der Waals surface area contributed by atoms with Gasteiger partial charge < -0.3 is 9.64 Å². The molecule has 0 atom stereocenters. The second kappa shape index (κ2) is 8.15.